The first-order chi connectivity index (χ1) is 12.9. The molecule has 138 valence electrons. The standard InChI is InChI=1S/C22H23N3O2/c1-16-9-11-17(12-10-16)15-23-21(27)22(2,3)25-20(26)14-13-19(24-25)18-7-5-4-6-8-18/h4-14H,15H2,1-3H3,(H,23,27). The van der Waals surface area contributed by atoms with Crippen LogP contribution in [0, 0.1) is 6.92 Å². The summed E-state index contributed by atoms with van der Waals surface area (Å²) in [5.74, 6) is -0.261. The van der Waals surface area contributed by atoms with Gasteiger partial charge in [-0.25, -0.2) is 4.68 Å². The average Bonchev–Trinajstić information content (AvgIpc) is 2.68. The Morgan fingerprint density at radius 2 is 1.67 bits per heavy atom. The minimum absolute atomic E-state index is 0.261. The van der Waals surface area contributed by atoms with Crippen LogP contribution in [0.25, 0.3) is 11.3 Å². The molecule has 0 unspecified atom stereocenters. The normalized spacial score (nSPS) is 11.2. The van der Waals surface area contributed by atoms with Gasteiger partial charge < -0.3 is 5.32 Å². The second kappa shape index (κ2) is 7.58. The molecule has 3 rings (SSSR count). The third kappa shape index (κ3) is 4.14. The Balaban J connectivity index is 1.83. The van der Waals surface area contributed by atoms with Crippen LogP contribution >= 0.6 is 0 Å². The van der Waals surface area contributed by atoms with Crippen molar-refractivity contribution in [3.63, 3.8) is 0 Å². The number of amides is 1. The van der Waals surface area contributed by atoms with Crippen molar-refractivity contribution < 1.29 is 4.79 Å². The Bertz CT molecular complexity index is 990. The van der Waals surface area contributed by atoms with Gasteiger partial charge in [-0.15, -0.1) is 0 Å². The summed E-state index contributed by atoms with van der Waals surface area (Å²) >= 11 is 0. The molecule has 0 radical (unpaired) electrons. The van der Waals surface area contributed by atoms with Crippen LogP contribution in [0.15, 0.2) is 71.5 Å². The van der Waals surface area contributed by atoms with Crippen molar-refractivity contribution in [2.45, 2.75) is 32.9 Å². The lowest BCUT2D eigenvalue weighted by Crippen LogP contribution is -2.49. The van der Waals surface area contributed by atoms with Gasteiger partial charge >= 0.3 is 0 Å². The van der Waals surface area contributed by atoms with Gasteiger partial charge in [0.05, 0.1) is 5.69 Å². The zero-order valence-electron chi connectivity index (χ0n) is 15.8. The van der Waals surface area contributed by atoms with Crippen LogP contribution in [0.4, 0.5) is 0 Å². The quantitative estimate of drug-likeness (QED) is 0.759. The minimum Gasteiger partial charge on any atom is -0.350 e. The molecule has 1 heterocycles. The highest BCUT2D eigenvalue weighted by molar-refractivity contribution is 5.83. The molecule has 2 aromatic carbocycles. The van der Waals surface area contributed by atoms with Crippen LogP contribution in [0.2, 0.25) is 0 Å². The molecule has 1 aromatic heterocycles. The van der Waals surface area contributed by atoms with Crippen molar-refractivity contribution in [3.05, 3.63) is 88.2 Å². The molecule has 0 aliphatic rings. The number of benzene rings is 2. The highest BCUT2D eigenvalue weighted by atomic mass is 16.2. The van der Waals surface area contributed by atoms with Crippen molar-refractivity contribution in [2.75, 3.05) is 0 Å². The summed E-state index contributed by atoms with van der Waals surface area (Å²) in [5.41, 5.74) is 2.27. The molecule has 0 atom stereocenters. The number of carbonyl (C=O) groups excluding carboxylic acids is 1. The van der Waals surface area contributed by atoms with Crippen LogP contribution in [0.1, 0.15) is 25.0 Å². The molecule has 27 heavy (non-hydrogen) atoms. The summed E-state index contributed by atoms with van der Waals surface area (Å²) in [6.07, 6.45) is 0. The van der Waals surface area contributed by atoms with E-state index in [2.05, 4.69) is 10.4 Å². The predicted molar refractivity (Wildman–Crippen MR) is 106 cm³/mol. The van der Waals surface area contributed by atoms with Gasteiger partial charge in [-0.05, 0) is 32.4 Å². The van der Waals surface area contributed by atoms with Crippen LogP contribution in [-0.2, 0) is 16.9 Å². The van der Waals surface area contributed by atoms with Crippen LogP contribution in [0.3, 0.4) is 0 Å². The third-order valence-corrected chi connectivity index (χ3v) is 4.53. The van der Waals surface area contributed by atoms with Crippen molar-refractivity contribution in [2.24, 2.45) is 0 Å². The highest BCUT2D eigenvalue weighted by Gasteiger charge is 2.32. The average molecular weight is 361 g/mol. The van der Waals surface area contributed by atoms with Crippen molar-refractivity contribution in [1.29, 1.82) is 0 Å². The Morgan fingerprint density at radius 1 is 1.00 bits per heavy atom. The van der Waals surface area contributed by atoms with Gasteiger partial charge in [-0.3, -0.25) is 9.59 Å². The number of rotatable bonds is 5. The van der Waals surface area contributed by atoms with Crippen molar-refractivity contribution >= 4 is 5.91 Å². The maximum absolute atomic E-state index is 12.8. The lowest BCUT2D eigenvalue weighted by molar-refractivity contribution is -0.129. The van der Waals surface area contributed by atoms with E-state index >= 15 is 0 Å². The van der Waals surface area contributed by atoms with Gasteiger partial charge in [0, 0.05) is 18.2 Å². The maximum Gasteiger partial charge on any atom is 0.267 e. The van der Waals surface area contributed by atoms with Crippen LogP contribution < -0.4 is 10.9 Å². The highest BCUT2D eigenvalue weighted by Crippen LogP contribution is 2.18. The Labute approximate surface area is 158 Å². The number of nitrogens with one attached hydrogen (secondary N) is 1. The Morgan fingerprint density at radius 3 is 2.33 bits per heavy atom. The molecule has 0 bridgehead atoms. The Kier molecular flexibility index (Phi) is 5.21. The van der Waals surface area contributed by atoms with Gasteiger partial charge in [0.2, 0.25) is 5.91 Å². The summed E-state index contributed by atoms with van der Waals surface area (Å²) < 4.78 is 1.25. The molecule has 0 aliphatic heterocycles. The molecular formula is C22H23N3O2. The zero-order chi connectivity index (χ0) is 19.4. The number of aromatic nitrogens is 2. The summed E-state index contributed by atoms with van der Waals surface area (Å²) in [7, 11) is 0. The number of hydrogen-bond acceptors (Lipinski definition) is 3. The molecule has 1 amide bonds. The minimum atomic E-state index is -1.12. The van der Waals surface area contributed by atoms with E-state index in [1.165, 1.54) is 16.3 Å². The number of hydrogen-bond donors (Lipinski definition) is 1. The lowest BCUT2D eigenvalue weighted by atomic mass is 10.0. The van der Waals surface area contributed by atoms with Crippen LogP contribution in [-0.4, -0.2) is 15.7 Å². The molecule has 0 spiro atoms. The molecular weight excluding hydrogens is 338 g/mol. The summed E-state index contributed by atoms with van der Waals surface area (Å²) in [4.78, 5) is 25.2. The molecule has 1 N–H and O–H groups in total. The van der Waals surface area contributed by atoms with Crippen LogP contribution in [0.5, 0.6) is 0 Å². The SMILES string of the molecule is Cc1ccc(CNC(=O)C(C)(C)n2nc(-c3ccccc3)ccc2=O)cc1. The van der Waals surface area contributed by atoms with Gasteiger partial charge in [-0.2, -0.15) is 5.10 Å². The largest absolute Gasteiger partial charge is 0.350 e. The number of carbonyl (C=O) groups is 1. The van der Waals surface area contributed by atoms with E-state index in [9.17, 15) is 9.59 Å². The van der Waals surface area contributed by atoms with Crippen molar-refractivity contribution in [3.8, 4) is 11.3 Å². The first-order valence-corrected chi connectivity index (χ1v) is 8.88. The summed E-state index contributed by atoms with van der Waals surface area (Å²) in [6, 6.07) is 20.7. The van der Waals surface area contributed by atoms with E-state index < -0.39 is 5.54 Å². The molecule has 5 heteroatoms. The topological polar surface area (TPSA) is 64.0 Å². The zero-order valence-corrected chi connectivity index (χ0v) is 15.8. The van der Waals surface area contributed by atoms with Gasteiger partial charge in [0.1, 0.15) is 5.54 Å². The van der Waals surface area contributed by atoms with Gasteiger partial charge in [0.15, 0.2) is 0 Å². The molecule has 0 saturated carbocycles. The fourth-order valence-electron chi connectivity index (χ4n) is 2.78. The van der Waals surface area contributed by atoms with E-state index in [1.807, 2.05) is 61.5 Å². The fraction of sp³-hybridized carbons (Fsp3) is 0.227. The molecule has 3 aromatic rings. The third-order valence-electron chi connectivity index (χ3n) is 4.53. The van der Waals surface area contributed by atoms with E-state index in [-0.39, 0.29) is 11.5 Å². The fourth-order valence-corrected chi connectivity index (χ4v) is 2.78. The number of nitrogens with zero attached hydrogens (tertiary/aromatic N) is 2. The monoisotopic (exact) mass is 361 g/mol. The molecule has 0 aliphatic carbocycles. The van der Waals surface area contributed by atoms with E-state index in [4.69, 9.17) is 0 Å². The lowest BCUT2D eigenvalue weighted by Gasteiger charge is -2.25. The van der Waals surface area contributed by atoms with E-state index in [0.29, 0.717) is 12.2 Å². The summed E-state index contributed by atoms with van der Waals surface area (Å²) in [5, 5.41) is 7.35. The van der Waals surface area contributed by atoms with E-state index in [1.54, 1.807) is 19.9 Å². The second-order valence-electron chi connectivity index (χ2n) is 7.06. The molecule has 5 nitrogen and oxygen atoms in total. The predicted octanol–water partition coefficient (Wildman–Crippen LogP) is 3.27. The van der Waals surface area contributed by atoms with Gasteiger partial charge in [-0.1, -0.05) is 60.2 Å². The van der Waals surface area contributed by atoms with E-state index in [0.717, 1.165) is 11.1 Å². The first kappa shape index (κ1) is 18.6. The summed E-state index contributed by atoms with van der Waals surface area (Å²) in [6.45, 7) is 5.81. The first-order valence-electron chi connectivity index (χ1n) is 8.88. The smallest absolute Gasteiger partial charge is 0.267 e. The Hall–Kier alpha value is -3.21. The molecule has 0 fully saturated rings. The number of aryl methyl sites for hydroxylation is 1. The van der Waals surface area contributed by atoms with Gasteiger partial charge in [0.25, 0.3) is 5.56 Å². The second-order valence-corrected chi connectivity index (χ2v) is 7.06. The maximum atomic E-state index is 12.8. The van der Waals surface area contributed by atoms with Crippen molar-refractivity contribution in [1.82, 2.24) is 15.1 Å². The molecule has 0 saturated heterocycles.